The second-order valence-electron chi connectivity index (χ2n) is 8.48. The van der Waals surface area contributed by atoms with E-state index in [2.05, 4.69) is 98.8 Å². The molecule has 0 bridgehead atoms. The Balaban J connectivity index is 1.77. The maximum absolute atomic E-state index is 4.85. The molecular formula is C28H21N. The Hall–Kier alpha value is -3.45. The van der Waals surface area contributed by atoms with Gasteiger partial charge in [-0.2, -0.15) is 0 Å². The molecule has 0 atom stereocenters. The highest BCUT2D eigenvalue weighted by atomic mass is 14.7. The van der Waals surface area contributed by atoms with Gasteiger partial charge in [-0.3, -0.25) is 4.98 Å². The second kappa shape index (κ2) is 5.78. The van der Waals surface area contributed by atoms with Crippen molar-refractivity contribution < 1.29 is 0 Å². The Morgan fingerprint density at radius 2 is 1.48 bits per heavy atom. The van der Waals surface area contributed by atoms with Gasteiger partial charge in [0.1, 0.15) is 0 Å². The van der Waals surface area contributed by atoms with E-state index in [0.29, 0.717) is 0 Å². The van der Waals surface area contributed by atoms with Gasteiger partial charge in [-0.05, 0) is 56.6 Å². The van der Waals surface area contributed by atoms with Gasteiger partial charge in [0.05, 0.1) is 5.69 Å². The van der Waals surface area contributed by atoms with Gasteiger partial charge in [0.2, 0.25) is 0 Å². The van der Waals surface area contributed by atoms with Crippen LogP contribution in [0.1, 0.15) is 25.0 Å². The van der Waals surface area contributed by atoms with Crippen LogP contribution in [0.4, 0.5) is 0 Å². The summed E-state index contributed by atoms with van der Waals surface area (Å²) in [5.74, 6) is 0. The summed E-state index contributed by atoms with van der Waals surface area (Å²) in [6.45, 7) is 4.72. The van der Waals surface area contributed by atoms with Crippen molar-refractivity contribution in [3.63, 3.8) is 0 Å². The highest BCUT2D eigenvalue weighted by molar-refractivity contribution is 6.06. The number of rotatable bonds is 1. The summed E-state index contributed by atoms with van der Waals surface area (Å²) >= 11 is 0. The van der Waals surface area contributed by atoms with Crippen molar-refractivity contribution in [1.29, 1.82) is 0 Å². The maximum Gasteiger partial charge on any atom is 0.0786 e. The van der Waals surface area contributed by atoms with Gasteiger partial charge in [-0.1, -0.05) is 80.6 Å². The minimum atomic E-state index is -0.116. The molecule has 1 nitrogen and oxygen atoms in total. The Morgan fingerprint density at radius 3 is 2.34 bits per heavy atom. The first-order valence-electron chi connectivity index (χ1n) is 10.2. The van der Waals surface area contributed by atoms with E-state index in [0.717, 1.165) is 5.69 Å². The molecule has 4 aromatic carbocycles. The standard InChI is InChI=1S/C28H21N/c1-28(2)24-17-21(18-8-4-3-5-9-18)16-20-14-15-29-27(25(20)24)23-13-12-19-10-6-7-11-22(19)26(23)28/h3-17H,1-2H3. The molecule has 29 heavy (non-hydrogen) atoms. The predicted molar refractivity (Wildman–Crippen MR) is 122 cm³/mol. The second-order valence-corrected chi connectivity index (χ2v) is 8.48. The van der Waals surface area contributed by atoms with E-state index in [-0.39, 0.29) is 5.41 Å². The molecule has 1 aromatic heterocycles. The minimum absolute atomic E-state index is 0.116. The molecule has 0 unspecified atom stereocenters. The number of pyridine rings is 1. The first-order chi connectivity index (χ1) is 14.1. The fourth-order valence-corrected chi connectivity index (χ4v) is 5.09. The summed E-state index contributed by atoms with van der Waals surface area (Å²) in [5, 5.41) is 5.16. The fourth-order valence-electron chi connectivity index (χ4n) is 5.09. The summed E-state index contributed by atoms with van der Waals surface area (Å²) in [5.41, 5.74) is 7.52. The molecule has 0 amide bonds. The van der Waals surface area contributed by atoms with E-state index in [4.69, 9.17) is 4.98 Å². The third kappa shape index (κ3) is 2.25. The third-order valence-electron chi connectivity index (χ3n) is 6.45. The quantitative estimate of drug-likeness (QED) is 0.300. The predicted octanol–water partition coefficient (Wildman–Crippen LogP) is 7.36. The smallest absolute Gasteiger partial charge is 0.0786 e. The van der Waals surface area contributed by atoms with Gasteiger partial charge in [0.25, 0.3) is 0 Å². The van der Waals surface area contributed by atoms with E-state index in [1.54, 1.807) is 0 Å². The van der Waals surface area contributed by atoms with Crippen LogP contribution in [-0.4, -0.2) is 4.98 Å². The zero-order chi connectivity index (χ0) is 19.6. The van der Waals surface area contributed by atoms with Crippen molar-refractivity contribution in [3.05, 3.63) is 102 Å². The zero-order valence-corrected chi connectivity index (χ0v) is 16.6. The van der Waals surface area contributed by atoms with E-state index in [1.165, 1.54) is 49.4 Å². The SMILES string of the molecule is CC1(C)c2c(ccc3ccccc23)-c2nccc3cc(-c4ccccc4)cc1c23. The normalized spacial score (nSPS) is 14.1. The van der Waals surface area contributed by atoms with E-state index >= 15 is 0 Å². The van der Waals surface area contributed by atoms with Crippen molar-refractivity contribution >= 4 is 21.5 Å². The van der Waals surface area contributed by atoms with E-state index in [1.807, 2.05) is 6.20 Å². The van der Waals surface area contributed by atoms with Crippen molar-refractivity contribution in [2.75, 3.05) is 0 Å². The van der Waals surface area contributed by atoms with Gasteiger partial charge in [0, 0.05) is 22.6 Å². The highest BCUT2D eigenvalue weighted by Crippen LogP contribution is 2.51. The number of nitrogens with zero attached hydrogens (tertiary/aromatic N) is 1. The summed E-state index contributed by atoms with van der Waals surface area (Å²) in [6, 6.07) is 30.7. The summed E-state index contributed by atoms with van der Waals surface area (Å²) in [6.07, 6.45) is 1.95. The number of hydrogen-bond acceptors (Lipinski definition) is 1. The molecule has 1 aliphatic carbocycles. The Bertz CT molecular complexity index is 1410. The molecule has 5 aromatic rings. The van der Waals surface area contributed by atoms with Crippen LogP contribution in [0.15, 0.2) is 91.1 Å². The maximum atomic E-state index is 4.85. The van der Waals surface area contributed by atoms with Crippen molar-refractivity contribution in [1.82, 2.24) is 4.98 Å². The van der Waals surface area contributed by atoms with Gasteiger partial charge in [-0.25, -0.2) is 0 Å². The van der Waals surface area contributed by atoms with Crippen molar-refractivity contribution in [2.24, 2.45) is 0 Å². The molecule has 6 rings (SSSR count). The number of benzene rings is 4. The number of hydrogen-bond donors (Lipinski definition) is 0. The van der Waals surface area contributed by atoms with Crippen LogP contribution in [0.3, 0.4) is 0 Å². The minimum Gasteiger partial charge on any atom is -0.256 e. The lowest BCUT2D eigenvalue weighted by atomic mass is 9.67. The largest absolute Gasteiger partial charge is 0.256 e. The van der Waals surface area contributed by atoms with E-state index < -0.39 is 0 Å². The highest BCUT2D eigenvalue weighted by Gasteiger charge is 2.35. The third-order valence-corrected chi connectivity index (χ3v) is 6.45. The number of fused-ring (bicyclic) bond motifs is 4. The summed E-state index contributed by atoms with van der Waals surface area (Å²) in [4.78, 5) is 4.85. The topological polar surface area (TPSA) is 12.9 Å². The molecule has 0 N–H and O–H groups in total. The average molecular weight is 371 g/mol. The molecule has 0 saturated heterocycles. The van der Waals surface area contributed by atoms with Crippen LogP contribution in [-0.2, 0) is 5.41 Å². The first kappa shape index (κ1) is 16.5. The molecule has 0 aliphatic heterocycles. The molecule has 0 fully saturated rings. The molecule has 0 radical (unpaired) electrons. The average Bonchev–Trinajstić information content (AvgIpc) is 2.77. The van der Waals surface area contributed by atoms with Crippen LogP contribution >= 0.6 is 0 Å². The first-order valence-corrected chi connectivity index (χ1v) is 10.2. The van der Waals surface area contributed by atoms with Gasteiger partial charge >= 0.3 is 0 Å². The Labute approximate surface area is 170 Å². The summed E-state index contributed by atoms with van der Waals surface area (Å²) in [7, 11) is 0. The van der Waals surface area contributed by atoms with Crippen LogP contribution in [0.25, 0.3) is 43.9 Å². The van der Waals surface area contributed by atoms with Crippen LogP contribution in [0, 0.1) is 0 Å². The Kier molecular flexibility index (Phi) is 3.29. The molecule has 0 saturated carbocycles. The van der Waals surface area contributed by atoms with Crippen LogP contribution in [0.5, 0.6) is 0 Å². The van der Waals surface area contributed by atoms with Crippen molar-refractivity contribution in [3.8, 4) is 22.4 Å². The molecule has 0 spiro atoms. The number of aromatic nitrogens is 1. The van der Waals surface area contributed by atoms with Gasteiger partial charge in [0.15, 0.2) is 0 Å². The fraction of sp³-hybridized carbons (Fsp3) is 0.107. The lowest BCUT2D eigenvalue weighted by molar-refractivity contribution is 0.650. The molecule has 1 heterocycles. The van der Waals surface area contributed by atoms with Crippen LogP contribution in [0.2, 0.25) is 0 Å². The van der Waals surface area contributed by atoms with Gasteiger partial charge in [-0.15, -0.1) is 0 Å². The lowest BCUT2D eigenvalue weighted by Gasteiger charge is -2.36. The molecule has 138 valence electrons. The van der Waals surface area contributed by atoms with Gasteiger partial charge < -0.3 is 0 Å². The van der Waals surface area contributed by atoms with Crippen molar-refractivity contribution in [2.45, 2.75) is 19.3 Å². The molecule has 1 heteroatoms. The summed E-state index contributed by atoms with van der Waals surface area (Å²) < 4.78 is 0. The lowest BCUT2D eigenvalue weighted by Crippen LogP contribution is -2.24. The molecule has 1 aliphatic rings. The molecular weight excluding hydrogens is 350 g/mol. The van der Waals surface area contributed by atoms with E-state index in [9.17, 15) is 0 Å². The monoisotopic (exact) mass is 371 g/mol. The zero-order valence-electron chi connectivity index (χ0n) is 16.6. The van der Waals surface area contributed by atoms with Crippen LogP contribution < -0.4 is 0 Å². The Morgan fingerprint density at radius 1 is 0.690 bits per heavy atom.